The van der Waals surface area contributed by atoms with Crippen LogP contribution in [0.2, 0.25) is 0 Å². The van der Waals surface area contributed by atoms with E-state index < -0.39 is 0 Å². The number of benzene rings is 2. The maximum absolute atomic E-state index is 12.7. The van der Waals surface area contributed by atoms with Crippen LogP contribution in [0.4, 0.5) is 5.69 Å². The van der Waals surface area contributed by atoms with Crippen molar-refractivity contribution >= 4 is 17.5 Å². The molecule has 1 N–H and O–H groups in total. The molecular formula is C22H22N4O3. The molecule has 29 heavy (non-hydrogen) atoms. The second-order valence-corrected chi connectivity index (χ2v) is 6.90. The molecule has 2 amide bonds. The van der Waals surface area contributed by atoms with Gasteiger partial charge < -0.3 is 14.6 Å². The second kappa shape index (κ2) is 8.18. The molecule has 0 radical (unpaired) electrons. The first-order valence-electron chi connectivity index (χ1n) is 9.51. The van der Waals surface area contributed by atoms with Crippen LogP contribution in [-0.2, 0) is 9.59 Å². The third-order valence-corrected chi connectivity index (χ3v) is 4.91. The van der Waals surface area contributed by atoms with Gasteiger partial charge in [-0.25, -0.2) is 4.98 Å². The van der Waals surface area contributed by atoms with E-state index in [1.54, 1.807) is 18.6 Å². The zero-order valence-electron chi connectivity index (χ0n) is 16.1. The first kappa shape index (κ1) is 18.7. The highest BCUT2D eigenvalue weighted by atomic mass is 16.5. The molecule has 0 unspecified atom stereocenters. The van der Waals surface area contributed by atoms with Gasteiger partial charge in [-0.2, -0.15) is 0 Å². The highest BCUT2D eigenvalue weighted by Crippen LogP contribution is 2.30. The molecule has 1 aliphatic heterocycles. The van der Waals surface area contributed by atoms with Gasteiger partial charge in [0, 0.05) is 18.1 Å². The van der Waals surface area contributed by atoms with Gasteiger partial charge in [0.05, 0.1) is 31.1 Å². The molecule has 2 aromatic carbocycles. The number of amides is 2. The van der Waals surface area contributed by atoms with Crippen molar-refractivity contribution < 1.29 is 14.3 Å². The largest absolute Gasteiger partial charge is 0.491 e. The quantitative estimate of drug-likeness (QED) is 0.727. The van der Waals surface area contributed by atoms with Crippen LogP contribution in [0.5, 0.6) is 5.75 Å². The van der Waals surface area contributed by atoms with E-state index in [4.69, 9.17) is 4.74 Å². The van der Waals surface area contributed by atoms with Crippen molar-refractivity contribution in [3.05, 3.63) is 72.8 Å². The topological polar surface area (TPSA) is 76.5 Å². The molecule has 0 aliphatic carbocycles. The van der Waals surface area contributed by atoms with Gasteiger partial charge in [0.15, 0.2) is 0 Å². The summed E-state index contributed by atoms with van der Waals surface area (Å²) in [4.78, 5) is 30.7. The van der Waals surface area contributed by atoms with Crippen LogP contribution in [0, 0.1) is 0 Å². The van der Waals surface area contributed by atoms with E-state index in [2.05, 4.69) is 10.3 Å². The van der Waals surface area contributed by atoms with Gasteiger partial charge in [-0.15, -0.1) is 0 Å². The molecule has 2 heterocycles. The summed E-state index contributed by atoms with van der Waals surface area (Å²) in [6.07, 6.45) is 5.58. The van der Waals surface area contributed by atoms with Crippen LogP contribution in [-0.4, -0.2) is 34.5 Å². The van der Waals surface area contributed by atoms with E-state index in [-0.39, 0.29) is 30.8 Å². The van der Waals surface area contributed by atoms with Crippen LogP contribution in [0.3, 0.4) is 0 Å². The minimum absolute atomic E-state index is 0.0450. The number of rotatable bonds is 5. The first-order valence-corrected chi connectivity index (χ1v) is 9.51. The zero-order chi connectivity index (χ0) is 20.2. The molecule has 0 bridgehead atoms. The summed E-state index contributed by atoms with van der Waals surface area (Å²) < 4.78 is 7.54. The molecule has 7 nitrogen and oxygen atoms in total. The van der Waals surface area contributed by atoms with Gasteiger partial charge >= 0.3 is 0 Å². The van der Waals surface area contributed by atoms with Crippen molar-refractivity contribution in [2.24, 2.45) is 0 Å². The van der Waals surface area contributed by atoms with Gasteiger partial charge in [0.25, 0.3) is 0 Å². The fraction of sp³-hybridized carbons (Fsp3) is 0.227. The lowest BCUT2D eigenvalue weighted by molar-refractivity contribution is -0.124. The molecule has 1 atom stereocenters. The Bertz CT molecular complexity index is 999. The fourth-order valence-corrected chi connectivity index (χ4v) is 3.35. The van der Waals surface area contributed by atoms with E-state index in [1.807, 2.05) is 60.2 Å². The van der Waals surface area contributed by atoms with E-state index in [0.29, 0.717) is 18.0 Å². The molecule has 0 spiro atoms. The summed E-state index contributed by atoms with van der Waals surface area (Å²) >= 11 is 0. The van der Waals surface area contributed by atoms with Crippen LogP contribution in [0.25, 0.3) is 5.69 Å². The van der Waals surface area contributed by atoms with Gasteiger partial charge in [0.1, 0.15) is 12.3 Å². The number of nitrogens with one attached hydrogen (secondary N) is 1. The minimum Gasteiger partial charge on any atom is -0.491 e. The van der Waals surface area contributed by atoms with Gasteiger partial charge in [-0.3, -0.25) is 14.5 Å². The van der Waals surface area contributed by atoms with Gasteiger partial charge in [-0.05, 0) is 36.8 Å². The fourth-order valence-electron chi connectivity index (χ4n) is 3.35. The lowest BCUT2D eigenvalue weighted by Crippen LogP contribution is -2.41. The lowest BCUT2D eigenvalue weighted by Gasteiger charge is -2.23. The highest BCUT2D eigenvalue weighted by Gasteiger charge is 2.25. The Morgan fingerprint density at radius 2 is 2.00 bits per heavy atom. The summed E-state index contributed by atoms with van der Waals surface area (Å²) in [5, 5.41) is 2.98. The molecule has 148 valence electrons. The lowest BCUT2D eigenvalue weighted by atomic mass is 10.1. The number of carbonyl (C=O) groups is 2. The van der Waals surface area contributed by atoms with Crippen molar-refractivity contribution in [1.29, 1.82) is 0 Å². The maximum atomic E-state index is 12.7. The van der Waals surface area contributed by atoms with Crippen molar-refractivity contribution in [3.63, 3.8) is 0 Å². The number of ether oxygens (including phenoxy) is 1. The molecule has 1 aromatic heterocycles. The van der Waals surface area contributed by atoms with Crippen LogP contribution >= 0.6 is 0 Å². The smallest absolute Gasteiger partial charge is 0.240 e. The molecule has 0 fully saturated rings. The summed E-state index contributed by atoms with van der Waals surface area (Å²) in [6, 6.07) is 15.0. The number of para-hydroxylation sites is 2. The molecule has 7 heteroatoms. The van der Waals surface area contributed by atoms with E-state index in [9.17, 15) is 9.59 Å². The summed E-state index contributed by atoms with van der Waals surface area (Å²) in [7, 11) is 0. The second-order valence-electron chi connectivity index (χ2n) is 6.90. The van der Waals surface area contributed by atoms with Crippen molar-refractivity contribution in [2.75, 3.05) is 18.1 Å². The monoisotopic (exact) mass is 390 g/mol. The van der Waals surface area contributed by atoms with Gasteiger partial charge in [0.2, 0.25) is 11.8 Å². The summed E-state index contributed by atoms with van der Waals surface area (Å²) in [5.41, 5.74) is 2.60. The Balaban J connectivity index is 1.43. The average molecular weight is 390 g/mol. The van der Waals surface area contributed by atoms with Crippen molar-refractivity contribution in [2.45, 2.75) is 19.4 Å². The van der Waals surface area contributed by atoms with Gasteiger partial charge in [-0.1, -0.05) is 24.3 Å². The molecule has 0 saturated carbocycles. The number of aromatic nitrogens is 2. The number of hydrogen-bond acceptors (Lipinski definition) is 4. The molecule has 1 aliphatic rings. The normalized spacial score (nSPS) is 14.5. The van der Waals surface area contributed by atoms with E-state index >= 15 is 0 Å². The van der Waals surface area contributed by atoms with E-state index in [1.165, 1.54) is 4.90 Å². The summed E-state index contributed by atoms with van der Waals surface area (Å²) in [6.45, 7) is 2.19. The Labute approximate surface area is 168 Å². The number of fused-ring (bicyclic) bond motifs is 1. The predicted octanol–water partition coefficient (Wildman–Crippen LogP) is 2.87. The molecule has 3 aromatic rings. The predicted molar refractivity (Wildman–Crippen MR) is 109 cm³/mol. The average Bonchev–Trinajstić information content (AvgIpc) is 3.22. The minimum atomic E-state index is -0.221. The Morgan fingerprint density at radius 3 is 2.76 bits per heavy atom. The summed E-state index contributed by atoms with van der Waals surface area (Å²) in [5.74, 6) is 0.276. The number of hydrogen-bond donors (Lipinski definition) is 1. The third-order valence-electron chi connectivity index (χ3n) is 4.91. The van der Waals surface area contributed by atoms with Crippen LogP contribution < -0.4 is 15.0 Å². The Hall–Kier alpha value is -3.61. The molecule has 0 saturated heterocycles. The highest BCUT2D eigenvalue weighted by molar-refractivity contribution is 6.00. The third kappa shape index (κ3) is 4.13. The first-order chi connectivity index (χ1) is 14.1. The van der Waals surface area contributed by atoms with Crippen LogP contribution in [0.1, 0.15) is 24.9 Å². The SMILES string of the molecule is C[C@H](NC(=O)CN1C(=O)CCOc2ccccc21)c1ccc(-n2ccnc2)cc1. The molecule has 4 rings (SSSR count). The van der Waals surface area contributed by atoms with Crippen LogP contribution in [0.15, 0.2) is 67.3 Å². The standard InChI is InChI=1S/C22H22N4O3/c1-16(17-6-8-18(9-7-17)25-12-11-23-15-25)24-21(27)14-26-19-4-2-3-5-20(19)29-13-10-22(26)28/h2-9,11-12,15-16H,10,13-14H2,1H3,(H,24,27)/t16-/m0/s1. The maximum Gasteiger partial charge on any atom is 0.240 e. The molecular weight excluding hydrogens is 368 g/mol. The Morgan fingerprint density at radius 1 is 1.21 bits per heavy atom. The van der Waals surface area contributed by atoms with Crippen molar-refractivity contribution in [3.8, 4) is 11.4 Å². The number of nitrogens with zero attached hydrogens (tertiary/aromatic N) is 3. The van der Waals surface area contributed by atoms with Crippen molar-refractivity contribution in [1.82, 2.24) is 14.9 Å². The number of imidazole rings is 1. The Kier molecular flexibility index (Phi) is 5.29. The number of anilines is 1. The number of carbonyl (C=O) groups excluding carboxylic acids is 2. The van der Waals surface area contributed by atoms with E-state index in [0.717, 1.165) is 11.3 Å². The zero-order valence-corrected chi connectivity index (χ0v) is 16.1.